The van der Waals surface area contributed by atoms with Gasteiger partial charge in [-0.25, -0.2) is 0 Å². The molecule has 2 atom stereocenters. The Hall–Kier alpha value is -2.09. The number of aliphatic carboxylic acids is 1. The zero-order valence-corrected chi connectivity index (χ0v) is 17.9. The van der Waals surface area contributed by atoms with Gasteiger partial charge >= 0.3 is 5.97 Å². The Morgan fingerprint density at radius 1 is 0.821 bits per heavy atom. The summed E-state index contributed by atoms with van der Waals surface area (Å²) >= 11 is 0. The number of hydrogen-bond donors (Lipinski definition) is 1. The molecule has 0 spiro atoms. The maximum Gasteiger partial charge on any atom is 0.310 e. The molecular weight excluding hydrogens is 344 g/mol. The zero-order valence-electron chi connectivity index (χ0n) is 17.9. The van der Waals surface area contributed by atoms with Crippen LogP contribution in [0.25, 0.3) is 0 Å². The van der Waals surface area contributed by atoms with Gasteiger partial charge in [0.25, 0.3) is 0 Å². The van der Waals surface area contributed by atoms with E-state index in [1.54, 1.807) is 0 Å². The van der Waals surface area contributed by atoms with Crippen molar-refractivity contribution in [3.05, 3.63) is 71.8 Å². The number of hydrogen-bond acceptors (Lipinski definition) is 1. The Labute approximate surface area is 171 Å². The number of rotatable bonds is 11. The predicted octanol–water partition coefficient (Wildman–Crippen LogP) is 6.64. The number of carboxylic acid groups (broad SMARTS) is 1. The van der Waals surface area contributed by atoms with Gasteiger partial charge in [0, 0.05) is 0 Å². The number of carboxylic acids is 1. The summed E-state index contributed by atoms with van der Waals surface area (Å²) in [6, 6.07) is 20.6. The quantitative estimate of drug-likeness (QED) is 0.474. The largest absolute Gasteiger partial charge is 0.481 e. The molecule has 2 unspecified atom stereocenters. The molecule has 0 aliphatic carbocycles. The molecule has 0 aliphatic rings. The molecule has 2 aromatic rings. The summed E-state index contributed by atoms with van der Waals surface area (Å²) < 4.78 is 0. The van der Waals surface area contributed by atoms with Gasteiger partial charge in [0.05, 0.1) is 5.41 Å². The number of aryl methyl sites for hydroxylation is 1. The SMILES string of the molecule is CC(C)CCC(CCc1ccccc1)C(Cc1ccccc1)(C(=O)O)C(C)C. The van der Waals surface area contributed by atoms with Crippen LogP contribution in [-0.4, -0.2) is 11.1 Å². The summed E-state index contributed by atoms with van der Waals surface area (Å²) in [6.07, 6.45) is 4.46. The molecule has 2 nitrogen and oxygen atoms in total. The van der Waals surface area contributed by atoms with E-state index < -0.39 is 11.4 Å². The van der Waals surface area contributed by atoms with Gasteiger partial charge in [-0.1, -0.05) is 94.8 Å². The highest BCUT2D eigenvalue weighted by Crippen LogP contribution is 2.45. The molecule has 28 heavy (non-hydrogen) atoms. The second-order valence-electron chi connectivity index (χ2n) is 8.85. The van der Waals surface area contributed by atoms with E-state index in [0.29, 0.717) is 12.3 Å². The molecule has 2 aromatic carbocycles. The predicted molar refractivity (Wildman–Crippen MR) is 117 cm³/mol. The van der Waals surface area contributed by atoms with Gasteiger partial charge in [0.15, 0.2) is 0 Å². The summed E-state index contributed by atoms with van der Waals surface area (Å²) in [6.45, 7) is 8.62. The Kier molecular flexibility index (Phi) is 8.29. The first-order valence-electron chi connectivity index (χ1n) is 10.7. The van der Waals surface area contributed by atoms with Gasteiger partial charge < -0.3 is 5.11 Å². The summed E-state index contributed by atoms with van der Waals surface area (Å²) in [7, 11) is 0. The molecule has 1 N–H and O–H groups in total. The average Bonchev–Trinajstić information content (AvgIpc) is 2.67. The van der Waals surface area contributed by atoms with Crippen LogP contribution in [0.1, 0.15) is 58.1 Å². The van der Waals surface area contributed by atoms with Crippen molar-refractivity contribution in [3.63, 3.8) is 0 Å². The fourth-order valence-electron chi connectivity index (χ4n) is 4.43. The topological polar surface area (TPSA) is 37.3 Å². The van der Waals surface area contributed by atoms with Crippen molar-refractivity contribution in [2.45, 2.75) is 59.8 Å². The second kappa shape index (κ2) is 10.5. The fraction of sp³-hybridized carbons (Fsp3) is 0.500. The molecule has 152 valence electrons. The summed E-state index contributed by atoms with van der Waals surface area (Å²) in [5.41, 5.74) is 1.66. The Balaban J connectivity index is 2.36. The molecule has 0 saturated carbocycles. The first-order chi connectivity index (χ1) is 13.4. The number of benzene rings is 2. The van der Waals surface area contributed by atoms with E-state index in [9.17, 15) is 9.90 Å². The zero-order chi connectivity index (χ0) is 20.6. The van der Waals surface area contributed by atoms with Crippen molar-refractivity contribution in [3.8, 4) is 0 Å². The lowest BCUT2D eigenvalue weighted by Crippen LogP contribution is -2.45. The lowest BCUT2D eigenvalue weighted by Gasteiger charge is -2.41. The van der Waals surface area contributed by atoms with Crippen molar-refractivity contribution < 1.29 is 9.90 Å². The molecular formula is C26H36O2. The smallest absolute Gasteiger partial charge is 0.310 e. The Bertz CT molecular complexity index is 706. The van der Waals surface area contributed by atoms with Crippen LogP contribution in [0.4, 0.5) is 0 Å². The average molecular weight is 381 g/mol. The molecule has 0 aliphatic heterocycles. The minimum atomic E-state index is -0.745. The molecule has 0 saturated heterocycles. The second-order valence-corrected chi connectivity index (χ2v) is 8.85. The lowest BCUT2D eigenvalue weighted by molar-refractivity contribution is -0.157. The third-order valence-electron chi connectivity index (χ3n) is 6.21. The van der Waals surface area contributed by atoms with E-state index in [2.05, 4.69) is 64.1 Å². The van der Waals surface area contributed by atoms with Crippen molar-refractivity contribution in [1.29, 1.82) is 0 Å². The van der Waals surface area contributed by atoms with E-state index in [0.717, 1.165) is 31.2 Å². The normalized spacial score (nSPS) is 14.8. The van der Waals surface area contributed by atoms with E-state index in [-0.39, 0.29) is 11.8 Å². The molecule has 0 fully saturated rings. The first-order valence-corrected chi connectivity index (χ1v) is 10.7. The highest BCUT2D eigenvalue weighted by atomic mass is 16.4. The molecule has 0 bridgehead atoms. The highest BCUT2D eigenvalue weighted by molar-refractivity contribution is 5.76. The third kappa shape index (κ3) is 5.70. The summed E-state index contributed by atoms with van der Waals surface area (Å²) in [5.74, 6) is 0.147. The van der Waals surface area contributed by atoms with Crippen LogP contribution in [0.3, 0.4) is 0 Å². The molecule has 0 aromatic heterocycles. The van der Waals surface area contributed by atoms with Crippen LogP contribution < -0.4 is 0 Å². The van der Waals surface area contributed by atoms with Crippen LogP contribution in [-0.2, 0) is 17.6 Å². The van der Waals surface area contributed by atoms with Crippen LogP contribution in [0, 0.1) is 23.2 Å². The molecule has 2 rings (SSSR count). The van der Waals surface area contributed by atoms with E-state index in [1.165, 1.54) is 5.56 Å². The van der Waals surface area contributed by atoms with Crippen molar-refractivity contribution >= 4 is 5.97 Å². The Morgan fingerprint density at radius 3 is 1.82 bits per heavy atom. The van der Waals surface area contributed by atoms with Crippen LogP contribution in [0.5, 0.6) is 0 Å². The monoisotopic (exact) mass is 380 g/mol. The first kappa shape index (κ1) is 22.2. The summed E-state index contributed by atoms with van der Waals surface area (Å²) in [5, 5.41) is 10.5. The van der Waals surface area contributed by atoms with Gasteiger partial charge in [-0.3, -0.25) is 4.79 Å². The maximum atomic E-state index is 12.8. The van der Waals surface area contributed by atoms with Crippen LogP contribution in [0.2, 0.25) is 0 Å². The molecule has 0 amide bonds. The van der Waals surface area contributed by atoms with E-state index in [4.69, 9.17) is 0 Å². The maximum absolute atomic E-state index is 12.8. The molecule has 0 radical (unpaired) electrons. The fourth-order valence-corrected chi connectivity index (χ4v) is 4.43. The molecule has 2 heteroatoms. The van der Waals surface area contributed by atoms with Crippen molar-refractivity contribution in [2.75, 3.05) is 0 Å². The Morgan fingerprint density at radius 2 is 1.36 bits per heavy atom. The lowest BCUT2D eigenvalue weighted by atomic mass is 9.61. The third-order valence-corrected chi connectivity index (χ3v) is 6.21. The minimum absolute atomic E-state index is 0.0677. The van der Waals surface area contributed by atoms with Gasteiger partial charge in [0.1, 0.15) is 0 Å². The number of carbonyl (C=O) groups is 1. The van der Waals surface area contributed by atoms with Crippen molar-refractivity contribution in [2.24, 2.45) is 23.2 Å². The van der Waals surface area contributed by atoms with Gasteiger partial charge in [0.2, 0.25) is 0 Å². The standard InChI is InChI=1S/C26H36O2/c1-20(2)15-17-24(18-16-22-11-7-5-8-12-22)26(21(3)4,25(27)28)19-23-13-9-6-10-14-23/h5-14,20-21,24H,15-19H2,1-4H3,(H,27,28). The van der Waals surface area contributed by atoms with Crippen LogP contribution in [0.15, 0.2) is 60.7 Å². The van der Waals surface area contributed by atoms with E-state index >= 15 is 0 Å². The van der Waals surface area contributed by atoms with Crippen molar-refractivity contribution in [1.82, 2.24) is 0 Å². The minimum Gasteiger partial charge on any atom is -0.481 e. The summed E-state index contributed by atoms with van der Waals surface area (Å²) in [4.78, 5) is 12.8. The molecule has 0 heterocycles. The van der Waals surface area contributed by atoms with Gasteiger partial charge in [-0.2, -0.15) is 0 Å². The van der Waals surface area contributed by atoms with E-state index in [1.807, 2.05) is 24.3 Å². The van der Waals surface area contributed by atoms with Gasteiger partial charge in [-0.05, 0) is 54.6 Å². The highest BCUT2D eigenvalue weighted by Gasteiger charge is 2.47. The van der Waals surface area contributed by atoms with Crippen LogP contribution >= 0.6 is 0 Å². The van der Waals surface area contributed by atoms with Gasteiger partial charge in [-0.15, -0.1) is 0 Å².